The van der Waals surface area contributed by atoms with Crippen LogP contribution in [0.5, 0.6) is 0 Å². The summed E-state index contributed by atoms with van der Waals surface area (Å²) in [5.41, 5.74) is 1.23. The molecule has 3 aromatic rings. The first kappa shape index (κ1) is 22.9. The van der Waals surface area contributed by atoms with Crippen LogP contribution in [0.4, 0.5) is 5.82 Å². The third kappa shape index (κ3) is 4.18. The Hall–Kier alpha value is -2.31. The highest BCUT2D eigenvalue weighted by atomic mass is 127. The minimum absolute atomic E-state index is 0.274. The molecule has 0 aliphatic heterocycles. The zero-order valence-corrected chi connectivity index (χ0v) is 20.2. The van der Waals surface area contributed by atoms with Gasteiger partial charge < -0.3 is 25.4 Å². The van der Waals surface area contributed by atoms with Gasteiger partial charge in [-0.05, 0) is 60.1 Å². The lowest BCUT2D eigenvalue weighted by molar-refractivity contribution is -0.143. The van der Waals surface area contributed by atoms with Crippen molar-refractivity contribution in [3.8, 4) is 0 Å². The second-order valence-corrected chi connectivity index (χ2v) is 9.67. The highest BCUT2D eigenvalue weighted by molar-refractivity contribution is 14.1. The molecule has 32 heavy (non-hydrogen) atoms. The molecule has 4 N–H and O–H groups in total. The van der Waals surface area contributed by atoms with E-state index in [4.69, 9.17) is 0 Å². The molecule has 2 aromatic heterocycles. The molecule has 0 radical (unpaired) electrons. The molecule has 0 bridgehead atoms. The summed E-state index contributed by atoms with van der Waals surface area (Å²) in [6, 6.07) is 7.72. The van der Waals surface area contributed by atoms with Gasteiger partial charge in [0.05, 0.1) is 23.9 Å². The summed E-state index contributed by atoms with van der Waals surface area (Å²) in [5.74, 6) is 0.330. The molecule has 0 spiro atoms. The third-order valence-electron chi connectivity index (χ3n) is 6.38. The van der Waals surface area contributed by atoms with Crippen LogP contribution in [0.25, 0.3) is 11.2 Å². The number of hydrogen-bond donors (Lipinski definition) is 4. The fraction of sp³-hybridized carbons (Fsp3) is 0.455. The largest absolute Gasteiger partial charge is 0.389 e. The number of fused-ring (bicyclic) bond motifs is 1. The first-order valence-corrected chi connectivity index (χ1v) is 11.7. The monoisotopic (exact) mass is 550 g/mol. The number of rotatable bonds is 5. The van der Waals surface area contributed by atoms with E-state index in [1.807, 2.05) is 18.2 Å². The number of hydrogen-bond acceptors (Lipinski definition) is 7. The van der Waals surface area contributed by atoms with Gasteiger partial charge in [-0.2, -0.15) is 0 Å². The van der Waals surface area contributed by atoms with E-state index in [0.29, 0.717) is 42.8 Å². The molecule has 1 aliphatic rings. The molecule has 0 unspecified atom stereocenters. The van der Waals surface area contributed by atoms with Gasteiger partial charge in [0.25, 0.3) is 0 Å². The smallest absolute Gasteiger partial charge is 0.228 e. The Morgan fingerprint density at radius 3 is 2.88 bits per heavy atom. The number of aliphatic hydroxyl groups excluding tert-OH is 2. The number of carbonyl (C=O) groups is 1. The number of aromatic nitrogens is 4. The summed E-state index contributed by atoms with van der Waals surface area (Å²) in [7, 11) is 1.54. The van der Waals surface area contributed by atoms with Crippen LogP contribution in [0.3, 0.4) is 0 Å². The Morgan fingerprint density at radius 2 is 2.12 bits per heavy atom. The maximum Gasteiger partial charge on any atom is 0.228 e. The highest BCUT2D eigenvalue weighted by Gasteiger charge is 2.48. The van der Waals surface area contributed by atoms with Gasteiger partial charge in [0.15, 0.2) is 11.5 Å². The number of halogens is 1. The molecule has 1 aliphatic carbocycles. The lowest BCUT2D eigenvalue weighted by Crippen LogP contribution is -2.51. The second-order valence-electron chi connectivity index (χ2n) is 8.42. The quantitative estimate of drug-likeness (QED) is 0.284. The van der Waals surface area contributed by atoms with E-state index in [2.05, 4.69) is 54.2 Å². The van der Waals surface area contributed by atoms with Crippen molar-refractivity contribution in [2.24, 2.45) is 5.41 Å². The molecule has 4 atom stereocenters. The van der Waals surface area contributed by atoms with Crippen molar-refractivity contribution in [2.75, 3.05) is 12.4 Å². The van der Waals surface area contributed by atoms with Crippen molar-refractivity contribution < 1.29 is 15.0 Å². The minimum Gasteiger partial charge on any atom is -0.389 e. The van der Waals surface area contributed by atoms with Crippen LogP contribution in [0.1, 0.15) is 37.8 Å². The SMILES string of the molecule is CNC(=O)[C@]1(C)CCC[C@@H](n2cnc3c(NCc4cccc(I)c4)ncnc32)[C@H](O)[C@@H]1O. The first-order valence-electron chi connectivity index (χ1n) is 10.6. The van der Waals surface area contributed by atoms with Crippen molar-refractivity contribution in [3.05, 3.63) is 46.1 Å². The molecular formula is C22H27IN6O3. The normalized spacial score (nSPS) is 26.0. The van der Waals surface area contributed by atoms with Crippen molar-refractivity contribution >= 4 is 45.5 Å². The van der Waals surface area contributed by atoms with Crippen LogP contribution in [-0.2, 0) is 11.3 Å². The first-order chi connectivity index (χ1) is 15.3. The molecule has 1 saturated carbocycles. The van der Waals surface area contributed by atoms with Gasteiger partial charge in [0, 0.05) is 17.2 Å². The van der Waals surface area contributed by atoms with Crippen LogP contribution >= 0.6 is 22.6 Å². The molecular weight excluding hydrogens is 523 g/mol. The zero-order chi connectivity index (χ0) is 22.9. The predicted octanol–water partition coefficient (Wildman–Crippen LogP) is 2.24. The van der Waals surface area contributed by atoms with E-state index in [1.54, 1.807) is 24.9 Å². The summed E-state index contributed by atoms with van der Waals surface area (Å²) in [5, 5.41) is 27.9. The summed E-state index contributed by atoms with van der Waals surface area (Å²) >= 11 is 2.28. The minimum atomic E-state index is -1.22. The zero-order valence-electron chi connectivity index (χ0n) is 18.0. The molecule has 0 saturated heterocycles. The average molecular weight is 550 g/mol. The Kier molecular flexibility index (Phi) is 6.63. The van der Waals surface area contributed by atoms with Crippen LogP contribution in [0, 0.1) is 8.99 Å². The lowest BCUT2D eigenvalue weighted by Gasteiger charge is -2.35. The fourth-order valence-electron chi connectivity index (χ4n) is 4.48. The van der Waals surface area contributed by atoms with Crippen molar-refractivity contribution in [2.45, 2.75) is 51.0 Å². The Labute approximate surface area is 199 Å². The van der Waals surface area contributed by atoms with Gasteiger partial charge in [-0.3, -0.25) is 4.79 Å². The Morgan fingerprint density at radius 1 is 1.31 bits per heavy atom. The van der Waals surface area contributed by atoms with Crippen LogP contribution in [0.15, 0.2) is 36.9 Å². The van der Waals surface area contributed by atoms with Gasteiger partial charge in [0.1, 0.15) is 17.9 Å². The van der Waals surface area contributed by atoms with Gasteiger partial charge in [0.2, 0.25) is 5.91 Å². The number of imidazole rings is 1. The predicted molar refractivity (Wildman–Crippen MR) is 129 cm³/mol. The number of carbonyl (C=O) groups excluding carboxylic acids is 1. The third-order valence-corrected chi connectivity index (χ3v) is 7.05. The molecule has 1 aromatic carbocycles. The molecule has 1 fully saturated rings. The fourth-order valence-corrected chi connectivity index (χ4v) is 5.09. The van der Waals surface area contributed by atoms with E-state index < -0.39 is 23.7 Å². The van der Waals surface area contributed by atoms with Gasteiger partial charge >= 0.3 is 0 Å². The van der Waals surface area contributed by atoms with Crippen molar-refractivity contribution in [1.82, 2.24) is 24.8 Å². The summed E-state index contributed by atoms with van der Waals surface area (Å²) in [6.07, 6.45) is 2.47. The summed E-state index contributed by atoms with van der Waals surface area (Å²) < 4.78 is 2.94. The molecule has 1 amide bonds. The Bertz CT molecular complexity index is 1120. The Balaban J connectivity index is 1.61. The summed E-state index contributed by atoms with van der Waals surface area (Å²) in [6.45, 7) is 2.29. The summed E-state index contributed by atoms with van der Waals surface area (Å²) in [4.78, 5) is 25.7. The van der Waals surface area contributed by atoms with Crippen molar-refractivity contribution in [3.63, 3.8) is 0 Å². The van der Waals surface area contributed by atoms with Gasteiger partial charge in [-0.25, -0.2) is 15.0 Å². The molecule has 170 valence electrons. The highest BCUT2D eigenvalue weighted by Crippen LogP contribution is 2.40. The second kappa shape index (κ2) is 9.28. The maximum absolute atomic E-state index is 12.4. The van der Waals surface area contributed by atoms with Crippen LogP contribution < -0.4 is 10.6 Å². The van der Waals surface area contributed by atoms with Gasteiger partial charge in [-0.1, -0.05) is 18.6 Å². The van der Waals surface area contributed by atoms with E-state index in [1.165, 1.54) is 6.33 Å². The van der Waals surface area contributed by atoms with E-state index in [-0.39, 0.29) is 5.91 Å². The lowest BCUT2D eigenvalue weighted by atomic mass is 9.78. The number of anilines is 1. The van der Waals surface area contributed by atoms with E-state index in [0.717, 1.165) is 9.13 Å². The molecule has 2 heterocycles. The topological polar surface area (TPSA) is 125 Å². The standard InChI is InChI=1S/C22H27IN6O3/c1-22(21(32)24-2)8-4-7-15(17(30)18(22)31)29-12-28-16-19(26-11-27-20(16)29)25-10-13-5-3-6-14(23)9-13/h3,5-6,9,11-12,15,17-18,30-31H,4,7-8,10H2,1-2H3,(H,24,32)(H,25,26,27)/t15-,17+,18+,22-/m1/s1. The number of nitrogens with one attached hydrogen (secondary N) is 2. The number of aliphatic hydroxyl groups is 2. The number of amides is 1. The van der Waals surface area contributed by atoms with E-state index >= 15 is 0 Å². The van der Waals surface area contributed by atoms with Gasteiger partial charge in [-0.15, -0.1) is 0 Å². The van der Waals surface area contributed by atoms with E-state index in [9.17, 15) is 15.0 Å². The maximum atomic E-state index is 12.4. The average Bonchev–Trinajstić information content (AvgIpc) is 3.19. The molecule has 9 nitrogen and oxygen atoms in total. The number of nitrogens with zero attached hydrogens (tertiary/aromatic N) is 4. The molecule has 10 heteroatoms. The van der Waals surface area contributed by atoms with Crippen molar-refractivity contribution in [1.29, 1.82) is 0 Å². The number of benzene rings is 1. The van der Waals surface area contributed by atoms with Crippen LogP contribution in [-0.4, -0.2) is 54.9 Å². The molecule has 4 rings (SSSR count). The van der Waals surface area contributed by atoms with Crippen LogP contribution in [0.2, 0.25) is 0 Å².